The van der Waals surface area contributed by atoms with Crippen LogP contribution in [-0.4, -0.2) is 37.6 Å². The van der Waals surface area contributed by atoms with Crippen LogP contribution in [0.5, 0.6) is 0 Å². The number of ether oxygens (including phenoxy) is 1. The maximum atomic E-state index is 11.9. The molecule has 2 rings (SSSR count). The van der Waals surface area contributed by atoms with E-state index in [1.165, 1.54) is 24.3 Å². The molecule has 0 aliphatic carbocycles. The summed E-state index contributed by atoms with van der Waals surface area (Å²) < 4.78 is 27.3. The molecule has 0 spiro atoms. The lowest BCUT2D eigenvalue weighted by Gasteiger charge is -2.12. The van der Waals surface area contributed by atoms with Gasteiger partial charge in [-0.15, -0.1) is 0 Å². The highest BCUT2D eigenvalue weighted by Gasteiger charge is 2.34. The number of carbonyl (C=O) groups is 2. The molecule has 21 heavy (non-hydrogen) atoms. The third-order valence-electron chi connectivity index (χ3n) is 3.04. The smallest absolute Gasteiger partial charge is 0.332 e. The van der Waals surface area contributed by atoms with Gasteiger partial charge in [-0.2, -0.15) is 0 Å². The Labute approximate surface area is 120 Å². The molecule has 1 aromatic rings. The van der Waals surface area contributed by atoms with Crippen LogP contribution in [0.3, 0.4) is 0 Å². The Hall–Kier alpha value is -1.97. The number of benzene rings is 1. The molecule has 8 nitrogen and oxygen atoms in total. The summed E-state index contributed by atoms with van der Waals surface area (Å²) in [6, 6.07) is 5.31. The van der Waals surface area contributed by atoms with Gasteiger partial charge in [-0.25, -0.2) is 18.4 Å². The van der Waals surface area contributed by atoms with Crippen LogP contribution in [-0.2, 0) is 24.3 Å². The number of aliphatic carboxylic acids is 1. The third kappa shape index (κ3) is 3.78. The summed E-state index contributed by atoms with van der Waals surface area (Å²) >= 11 is 0. The molecule has 1 heterocycles. The molecule has 2 atom stereocenters. The molecule has 0 saturated carbocycles. The van der Waals surface area contributed by atoms with Gasteiger partial charge in [0.25, 0.3) is 5.91 Å². The van der Waals surface area contributed by atoms with Crippen molar-refractivity contribution in [2.75, 3.05) is 5.32 Å². The summed E-state index contributed by atoms with van der Waals surface area (Å²) in [4.78, 5) is 22.6. The molecular formula is C12H14N2O6S. The van der Waals surface area contributed by atoms with Gasteiger partial charge in [0.1, 0.15) is 6.10 Å². The highest BCUT2D eigenvalue weighted by molar-refractivity contribution is 7.89. The second-order valence-corrected chi connectivity index (χ2v) is 6.15. The molecule has 114 valence electrons. The molecule has 4 N–H and O–H groups in total. The van der Waals surface area contributed by atoms with E-state index in [9.17, 15) is 18.0 Å². The molecule has 1 amide bonds. The normalized spacial score (nSPS) is 22.0. The van der Waals surface area contributed by atoms with Crippen LogP contribution in [0.15, 0.2) is 29.2 Å². The maximum absolute atomic E-state index is 11.9. The Morgan fingerprint density at radius 1 is 1.19 bits per heavy atom. The van der Waals surface area contributed by atoms with Gasteiger partial charge in [-0.05, 0) is 37.1 Å². The highest BCUT2D eigenvalue weighted by Crippen LogP contribution is 2.21. The van der Waals surface area contributed by atoms with Gasteiger partial charge in [0.05, 0.1) is 4.90 Å². The number of sulfonamides is 1. The first-order valence-corrected chi connectivity index (χ1v) is 7.64. The van der Waals surface area contributed by atoms with Crippen LogP contribution >= 0.6 is 0 Å². The zero-order valence-corrected chi connectivity index (χ0v) is 11.7. The fourth-order valence-electron chi connectivity index (χ4n) is 1.96. The van der Waals surface area contributed by atoms with Gasteiger partial charge >= 0.3 is 5.97 Å². The van der Waals surface area contributed by atoms with Crippen molar-refractivity contribution < 1.29 is 27.9 Å². The minimum absolute atomic E-state index is 0.0662. The predicted octanol–water partition coefficient (Wildman–Crippen LogP) is -0.0953. The Morgan fingerprint density at radius 2 is 1.76 bits per heavy atom. The largest absolute Gasteiger partial charge is 0.479 e. The molecule has 0 aromatic heterocycles. The minimum atomic E-state index is -3.78. The van der Waals surface area contributed by atoms with E-state index in [-0.39, 0.29) is 11.3 Å². The first-order valence-electron chi connectivity index (χ1n) is 6.09. The molecule has 1 fully saturated rings. The number of nitrogens with two attached hydrogens (primary N) is 1. The quantitative estimate of drug-likeness (QED) is 0.710. The van der Waals surface area contributed by atoms with Crippen molar-refractivity contribution in [3.8, 4) is 0 Å². The van der Waals surface area contributed by atoms with E-state index in [1.807, 2.05) is 0 Å². The number of amides is 1. The van der Waals surface area contributed by atoms with Gasteiger partial charge < -0.3 is 15.2 Å². The number of primary sulfonamides is 1. The van der Waals surface area contributed by atoms with Crippen molar-refractivity contribution in [3.05, 3.63) is 24.3 Å². The summed E-state index contributed by atoms with van der Waals surface area (Å²) in [6.07, 6.45) is -1.20. The molecule has 1 aromatic carbocycles. The predicted molar refractivity (Wildman–Crippen MR) is 72.0 cm³/mol. The Kier molecular flexibility index (Phi) is 4.26. The number of nitrogens with one attached hydrogen (secondary N) is 1. The summed E-state index contributed by atoms with van der Waals surface area (Å²) in [5.41, 5.74) is 0.370. The topological polar surface area (TPSA) is 136 Å². The van der Waals surface area contributed by atoms with Crippen molar-refractivity contribution in [2.45, 2.75) is 29.9 Å². The van der Waals surface area contributed by atoms with Crippen molar-refractivity contribution in [1.29, 1.82) is 0 Å². The Balaban J connectivity index is 1.99. The first-order chi connectivity index (χ1) is 9.77. The lowest BCUT2D eigenvalue weighted by Crippen LogP contribution is -2.29. The highest BCUT2D eigenvalue weighted by atomic mass is 32.2. The summed E-state index contributed by atoms with van der Waals surface area (Å²) in [5.74, 6) is -1.56. The zero-order chi connectivity index (χ0) is 15.6. The van der Waals surface area contributed by atoms with Gasteiger partial charge in [-0.3, -0.25) is 4.79 Å². The molecule has 0 radical (unpaired) electrons. The van der Waals surface area contributed by atoms with Gasteiger partial charge in [0.15, 0.2) is 6.10 Å². The third-order valence-corrected chi connectivity index (χ3v) is 3.97. The van der Waals surface area contributed by atoms with E-state index in [2.05, 4.69) is 5.32 Å². The van der Waals surface area contributed by atoms with Crippen LogP contribution in [0.25, 0.3) is 0 Å². The fraction of sp³-hybridized carbons (Fsp3) is 0.333. The van der Waals surface area contributed by atoms with Crippen LogP contribution in [0.4, 0.5) is 5.69 Å². The van der Waals surface area contributed by atoms with Gasteiger partial charge in [0, 0.05) is 5.69 Å². The second-order valence-electron chi connectivity index (χ2n) is 4.59. The number of carboxylic acid groups (broad SMARTS) is 1. The van der Waals surface area contributed by atoms with Crippen LogP contribution < -0.4 is 10.5 Å². The first kappa shape index (κ1) is 15.4. The van der Waals surface area contributed by atoms with Crippen molar-refractivity contribution >= 4 is 27.6 Å². The summed E-state index contributed by atoms with van der Waals surface area (Å²) in [6.45, 7) is 0. The molecule has 1 saturated heterocycles. The van der Waals surface area contributed by atoms with E-state index >= 15 is 0 Å². The minimum Gasteiger partial charge on any atom is -0.479 e. The maximum Gasteiger partial charge on any atom is 0.332 e. The summed E-state index contributed by atoms with van der Waals surface area (Å²) in [5, 5.41) is 16.3. The average Bonchev–Trinajstić information content (AvgIpc) is 2.88. The van der Waals surface area contributed by atoms with Crippen molar-refractivity contribution in [1.82, 2.24) is 0 Å². The number of carboxylic acids is 1. The van der Waals surface area contributed by atoms with Gasteiger partial charge in [-0.1, -0.05) is 0 Å². The SMILES string of the molecule is NS(=O)(=O)c1ccc(NC(=O)C2CCC(C(=O)O)O2)cc1. The van der Waals surface area contributed by atoms with Crippen molar-refractivity contribution in [3.63, 3.8) is 0 Å². The number of carbonyl (C=O) groups excluding carboxylic acids is 1. The molecule has 9 heteroatoms. The van der Waals surface area contributed by atoms with E-state index in [1.54, 1.807) is 0 Å². The Morgan fingerprint density at radius 3 is 2.24 bits per heavy atom. The van der Waals surface area contributed by atoms with Crippen LogP contribution in [0.1, 0.15) is 12.8 Å². The van der Waals surface area contributed by atoms with Crippen molar-refractivity contribution in [2.24, 2.45) is 5.14 Å². The lowest BCUT2D eigenvalue weighted by molar-refractivity contribution is -0.150. The molecule has 2 unspecified atom stereocenters. The Bertz CT molecular complexity index is 655. The molecular weight excluding hydrogens is 300 g/mol. The monoisotopic (exact) mass is 314 g/mol. The average molecular weight is 314 g/mol. The zero-order valence-electron chi connectivity index (χ0n) is 10.9. The van der Waals surface area contributed by atoms with E-state index in [0.717, 1.165) is 0 Å². The number of rotatable bonds is 4. The lowest BCUT2D eigenvalue weighted by atomic mass is 10.2. The molecule has 0 bridgehead atoms. The van der Waals surface area contributed by atoms with Gasteiger partial charge in [0.2, 0.25) is 10.0 Å². The molecule has 1 aliphatic heterocycles. The fourth-order valence-corrected chi connectivity index (χ4v) is 2.48. The molecule has 1 aliphatic rings. The van der Waals surface area contributed by atoms with Crippen LogP contribution in [0, 0.1) is 0 Å². The number of anilines is 1. The number of hydrogen-bond acceptors (Lipinski definition) is 5. The van der Waals surface area contributed by atoms with Crippen LogP contribution in [0.2, 0.25) is 0 Å². The van der Waals surface area contributed by atoms with E-state index in [0.29, 0.717) is 12.1 Å². The summed E-state index contributed by atoms with van der Waals surface area (Å²) in [7, 11) is -3.78. The number of hydrogen-bond donors (Lipinski definition) is 3. The van der Waals surface area contributed by atoms with E-state index < -0.39 is 34.1 Å². The van der Waals surface area contributed by atoms with E-state index in [4.69, 9.17) is 15.0 Å². The standard InChI is InChI=1S/C12H14N2O6S/c13-21(18,19)8-3-1-7(2-4-8)14-11(15)9-5-6-10(20-9)12(16)17/h1-4,9-10H,5-6H2,(H,14,15)(H,16,17)(H2,13,18,19). The second kappa shape index (κ2) is 5.80.